The monoisotopic (exact) mass is 691 g/mol. The number of carbonyl (C=O) groups is 1. The van der Waals surface area contributed by atoms with Crippen LogP contribution in [-0.4, -0.2) is 210 Å². The third-order valence-corrected chi connectivity index (χ3v) is 8.57. The topological polar surface area (TPSA) is 336 Å². The van der Waals surface area contributed by atoms with Gasteiger partial charge in [-0.15, -0.1) is 0 Å². The van der Waals surface area contributed by atoms with Crippen LogP contribution in [0.15, 0.2) is 0 Å². The molecule has 0 aromatic heterocycles. The van der Waals surface area contributed by atoms with E-state index in [0.29, 0.717) is 0 Å². The highest BCUT2D eigenvalue weighted by Crippen LogP contribution is 2.34. The molecule has 0 bridgehead atoms. The Balaban J connectivity index is 1.60. The molecule has 4 saturated heterocycles. The molecule has 0 aromatic rings. The summed E-state index contributed by atoms with van der Waals surface area (Å²) in [6.07, 6.45) is -32.3. The first-order valence-corrected chi connectivity index (χ1v) is 15.0. The molecule has 4 heterocycles. The molecule has 4 aliphatic rings. The molecule has 1 unspecified atom stereocenters. The van der Waals surface area contributed by atoms with Crippen LogP contribution in [0.2, 0.25) is 0 Å². The molecule has 13 N–H and O–H groups in total. The van der Waals surface area contributed by atoms with Gasteiger partial charge in [0, 0.05) is 6.92 Å². The van der Waals surface area contributed by atoms with E-state index < -0.39 is 148 Å². The zero-order valence-electron chi connectivity index (χ0n) is 25.3. The van der Waals surface area contributed by atoms with Crippen molar-refractivity contribution in [3.8, 4) is 0 Å². The van der Waals surface area contributed by atoms with Crippen molar-refractivity contribution in [2.45, 2.75) is 137 Å². The van der Waals surface area contributed by atoms with Gasteiger partial charge in [0.15, 0.2) is 25.2 Å². The molecule has 0 aromatic carbocycles. The summed E-state index contributed by atoms with van der Waals surface area (Å²) in [4.78, 5) is 12.3. The van der Waals surface area contributed by atoms with E-state index in [2.05, 4.69) is 5.32 Å². The molecule has 21 heteroatoms. The van der Waals surface area contributed by atoms with E-state index in [1.807, 2.05) is 0 Å². The standard InChI is InChI=1S/C26H45NO20/c1-6-12(32)15(35)18(38)25(41-6)46-21-11(27-7(2)31)24(43-8(3-28)13(21)33)47-22-14(34)9(4-29)44-26(19(22)39)45-20-10(5-30)42-23(40)17(37)16(20)36/h6,8-26,28-30,32-40H,3-5H2,1-2H3,(H,27,31)/t6-,8+,9+,10+,11+,12+,13+,14-,15+,16+,17+,18-,19+,20+,21+,22-,23?,24-,25-,26-/m0/s1. The average molecular weight is 692 g/mol. The molecule has 4 aliphatic heterocycles. The van der Waals surface area contributed by atoms with Gasteiger partial charge in [0.1, 0.15) is 91.5 Å². The highest BCUT2D eigenvalue weighted by Gasteiger charge is 2.55. The summed E-state index contributed by atoms with van der Waals surface area (Å²) >= 11 is 0. The Labute approximate surface area is 267 Å². The molecular weight excluding hydrogens is 646 g/mol. The Hall–Kier alpha value is -1.29. The Bertz CT molecular complexity index is 1010. The molecule has 0 saturated carbocycles. The van der Waals surface area contributed by atoms with Gasteiger partial charge in [-0.2, -0.15) is 0 Å². The molecule has 0 radical (unpaired) electrons. The van der Waals surface area contributed by atoms with Crippen molar-refractivity contribution in [3.63, 3.8) is 0 Å². The van der Waals surface area contributed by atoms with Crippen molar-refractivity contribution in [1.82, 2.24) is 5.32 Å². The molecule has 0 aliphatic carbocycles. The van der Waals surface area contributed by atoms with Gasteiger partial charge in [-0.1, -0.05) is 0 Å². The number of ether oxygens (including phenoxy) is 7. The molecule has 1 amide bonds. The third kappa shape index (κ3) is 8.04. The van der Waals surface area contributed by atoms with Crippen molar-refractivity contribution in [2.24, 2.45) is 0 Å². The molecular formula is C26H45NO20. The summed E-state index contributed by atoms with van der Waals surface area (Å²) in [7, 11) is 0. The molecule has 0 spiro atoms. The predicted molar refractivity (Wildman–Crippen MR) is 144 cm³/mol. The van der Waals surface area contributed by atoms with E-state index in [4.69, 9.17) is 33.2 Å². The van der Waals surface area contributed by atoms with Crippen LogP contribution >= 0.6 is 0 Å². The maximum atomic E-state index is 12.3. The first-order chi connectivity index (χ1) is 22.1. The van der Waals surface area contributed by atoms with Crippen molar-refractivity contribution in [2.75, 3.05) is 19.8 Å². The second-order valence-electron chi connectivity index (χ2n) is 11.9. The maximum Gasteiger partial charge on any atom is 0.217 e. The number of hydrogen-bond donors (Lipinski definition) is 13. The Morgan fingerprint density at radius 2 is 1.06 bits per heavy atom. The van der Waals surface area contributed by atoms with Gasteiger partial charge in [-0.3, -0.25) is 4.79 Å². The minimum absolute atomic E-state index is 0.728. The zero-order chi connectivity index (χ0) is 34.9. The number of nitrogens with one attached hydrogen (secondary N) is 1. The summed E-state index contributed by atoms with van der Waals surface area (Å²) in [5.74, 6) is -0.728. The molecule has 4 fully saturated rings. The fourth-order valence-electron chi connectivity index (χ4n) is 5.89. The third-order valence-electron chi connectivity index (χ3n) is 8.57. The van der Waals surface area contributed by atoms with E-state index in [1.54, 1.807) is 0 Å². The van der Waals surface area contributed by atoms with E-state index in [0.717, 1.165) is 6.92 Å². The van der Waals surface area contributed by atoms with Crippen molar-refractivity contribution in [3.05, 3.63) is 0 Å². The number of amides is 1. The quantitative estimate of drug-likeness (QED) is 0.101. The minimum Gasteiger partial charge on any atom is -0.394 e. The average Bonchev–Trinajstić information content (AvgIpc) is 3.03. The van der Waals surface area contributed by atoms with Gasteiger partial charge in [-0.25, -0.2) is 0 Å². The van der Waals surface area contributed by atoms with Crippen molar-refractivity contribution in [1.29, 1.82) is 0 Å². The smallest absolute Gasteiger partial charge is 0.217 e. The van der Waals surface area contributed by atoms with Crippen molar-refractivity contribution < 1.29 is 99.2 Å². The normalized spacial score (nSPS) is 51.0. The molecule has 274 valence electrons. The van der Waals surface area contributed by atoms with Crippen LogP contribution in [0.5, 0.6) is 0 Å². The predicted octanol–water partition coefficient (Wildman–Crippen LogP) is -8.58. The van der Waals surface area contributed by atoms with E-state index in [9.17, 15) is 66.1 Å². The Kier molecular flexibility index (Phi) is 13.2. The van der Waals surface area contributed by atoms with Gasteiger partial charge in [-0.05, 0) is 6.92 Å². The van der Waals surface area contributed by atoms with Crippen LogP contribution in [-0.2, 0) is 38.0 Å². The van der Waals surface area contributed by atoms with Gasteiger partial charge < -0.3 is 99.8 Å². The number of aliphatic hydroxyl groups is 12. The van der Waals surface area contributed by atoms with E-state index in [1.165, 1.54) is 6.92 Å². The van der Waals surface area contributed by atoms with Crippen LogP contribution in [0.1, 0.15) is 13.8 Å². The highest BCUT2D eigenvalue weighted by atomic mass is 16.8. The minimum atomic E-state index is -2.01. The summed E-state index contributed by atoms with van der Waals surface area (Å²) < 4.78 is 38.9. The fourth-order valence-corrected chi connectivity index (χ4v) is 5.89. The van der Waals surface area contributed by atoms with Gasteiger partial charge in [0.25, 0.3) is 0 Å². The second kappa shape index (κ2) is 16.2. The maximum absolute atomic E-state index is 12.3. The lowest BCUT2D eigenvalue weighted by Crippen LogP contribution is -2.70. The SMILES string of the molecule is CC(=O)N[C@H]1[C@H](O[C@H]2[C@@H](O)[C@@H](CO)O[C@@H](O[C@H]3[C@H](O)[C@@H](O)C(O)O[C@@H]3CO)[C@@H]2O)O[C@H](CO)[C@@H](O)[C@@H]1O[C@@H]1O[C@@H](C)[C@@H](O)[C@@H](O)[C@@H]1O. The van der Waals surface area contributed by atoms with Crippen molar-refractivity contribution >= 4 is 5.91 Å². The van der Waals surface area contributed by atoms with Gasteiger partial charge in [0.05, 0.1) is 25.9 Å². The Morgan fingerprint density at radius 3 is 1.64 bits per heavy atom. The summed E-state index contributed by atoms with van der Waals surface area (Å²) in [6, 6.07) is -1.54. The number of aliphatic hydroxyl groups excluding tert-OH is 12. The fraction of sp³-hybridized carbons (Fsp3) is 0.962. The molecule has 47 heavy (non-hydrogen) atoms. The summed E-state index contributed by atoms with van der Waals surface area (Å²) in [6.45, 7) is -0.111. The largest absolute Gasteiger partial charge is 0.394 e. The van der Waals surface area contributed by atoms with Crippen LogP contribution in [0.4, 0.5) is 0 Å². The van der Waals surface area contributed by atoms with Crippen LogP contribution in [0, 0.1) is 0 Å². The lowest BCUT2D eigenvalue weighted by Gasteiger charge is -2.50. The Morgan fingerprint density at radius 1 is 0.553 bits per heavy atom. The van der Waals surface area contributed by atoms with Gasteiger partial charge >= 0.3 is 0 Å². The second-order valence-corrected chi connectivity index (χ2v) is 11.9. The van der Waals surface area contributed by atoms with Gasteiger partial charge in [0.2, 0.25) is 5.91 Å². The van der Waals surface area contributed by atoms with Crippen LogP contribution in [0.3, 0.4) is 0 Å². The van der Waals surface area contributed by atoms with Crippen LogP contribution < -0.4 is 5.32 Å². The zero-order valence-corrected chi connectivity index (χ0v) is 25.3. The molecule has 4 rings (SSSR count). The summed E-state index contributed by atoms with van der Waals surface area (Å²) in [5.41, 5.74) is 0. The number of carbonyl (C=O) groups excluding carboxylic acids is 1. The first kappa shape index (κ1) is 38.5. The lowest BCUT2D eigenvalue weighted by atomic mass is 9.94. The summed E-state index contributed by atoms with van der Waals surface area (Å²) in [5, 5.41) is 126. The first-order valence-electron chi connectivity index (χ1n) is 15.0. The molecule has 20 atom stereocenters. The number of rotatable bonds is 10. The van der Waals surface area contributed by atoms with E-state index in [-0.39, 0.29) is 0 Å². The highest BCUT2D eigenvalue weighted by molar-refractivity contribution is 5.73. The van der Waals surface area contributed by atoms with Crippen LogP contribution in [0.25, 0.3) is 0 Å². The number of hydrogen-bond acceptors (Lipinski definition) is 20. The van der Waals surface area contributed by atoms with E-state index >= 15 is 0 Å². The molecule has 21 nitrogen and oxygen atoms in total. The lowest BCUT2D eigenvalue weighted by molar-refractivity contribution is -0.379.